The molecule has 0 heterocycles. The van der Waals surface area contributed by atoms with Gasteiger partial charge in [0.15, 0.2) is 0 Å². The SMILES string of the molecule is CC(NCC(O)C(F)F)c1cccc(Cl)c1Cl. The van der Waals surface area contributed by atoms with Crippen molar-refractivity contribution in [2.45, 2.75) is 25.5 Å². The molecule has 0 spiro atoms. The molecule has 1 aromatic carbocycles. The smallest absolute Gasteiger partial charge is 0.265 e. The van der Waals surface area contributed by atoms with Crippen LogP contribution < -0.4 is 5.32 Å². The molecule has 0 aliphatic heterocycles. The van der Waals surface area contributed by atoms with Crippen LogP contribution >= 0.6 is 23.2 Å². The molecule has 1 aromatic rings. The topological polar surface area (TPSA) is 32.3 Å². The molecule has 0 saturated heterocycles. The summed E-state index contributed by atoms with van der Waals surface area (Å²) in [5.74, 6) is 0. The lowest BCUT2D eigenvalue weighted by atomic mass is 10.1. The van der Waals surface area contributed by atoms with Crippen molar-refractivity contribution >= 4 is 23.2 Å². The monoisotopic (exact) mass is 283 g/mol. The maximum Gasteiger partial charge on any atom is 0.265 e. The Morgan fingerprint density at radius 1 is 1.35 bits per heavy atom. The Labute approximate surface area is 109 Å². The van der Waals surface area contributed by atoms with Crippen LogP contribution in [-0.2, 0) is 0 Å². The number of hydrogen-bond acceptors (Lipinski definition) is 2. The fraction of sp³-hybridized carbons (Fsp3) is 0.455. The maximum atomic E-state index is 12.1. The van der Waals surface area contributed by atoms with Crippen LogP contribution in [0.25, 0.3) is 0 Å². The summed E-state index contributed by atoms with van der Waals surface area (Å²) in [4.78, 5) is 0. The summed E-state index contributed by atoms with van der Waals surface area (Å²) in [7, 11) is 0. The van der Waals surface area contributed by atoms with Crippen LogP contribution in [0.15, 0.2) is 18.2 Å². The lowest BCUT2D eigenvalue weighted by Gasteiger charge is -2.18. The molecular weight excluding hydrogens is 271 g/mol. The molecule has 0 aliphatic carbocycles. The molecule has 0 aromatic heterocycles. The second kappa shape index (κ2) is 6.50. The quantitative estimate of drug-likeness (QED) is 0.869. The van der Waals surface area contributed by atoms with Crippen LogP contribution in [0.5, 0.6) is 0 Å². The molecule has 1 rings (SSSR count). The number of aliphatic hydroxyl groups excluding tert-OH is 1. The first kappa shape index (κ1) is 14.6. The van der Waals surface area contributed by atoms with Gasteiger partial charge < -0.3 is 10.4 Å². The predicted octanol–water partition coefficient (Wildman–Crippen LogP) is 3.27. The third-order valence-electron chi connectivity index (χ3n) is 2.37. The molecule has 96 valence electrons. The summed E-state index contributed by atoms with van der Waals surface area (Å²) < 4.78 is 24.2. The van der Waals surface area contributed by atoms with Crippen molar-refractivity contribution in [3.05, 3.63) is 33.8 Å². The van der Waals surface area contributed by atoms with E-state index < -0.39 is 12.5 Å². The van der Waals surface area contributed by atoms with Gasteiger partial charge in [0.1, 0.15) is 6.10 Å². The van der Waals surface area contributed by atoms with Crippen LogP contribution in [-0.4, -0.2) is 24.2 Å². The van der Waals surface area contributed by atoms with Crippen molar-refractivity contribution in [3.8, 4) is 0 Å². The predicted molar refractivity (Wildman–Crippen MR) is 64.9 cm³/mol. The fourth-order valence-electron chi connectivity index (χ4n) is 1.35. The Morgan fingerprint density at radius 3 is 2.59 bits per heavy atom. The summed E-state index contributed by atoms with van der Waals surface area (Å²) in [6, 6.07) is 4.86. The van der Waals surface area contributed by atoms with Gasteiger partial charge in [-0.1, -0.05) is 35.3 Å². The minimum atomic E-state index is -2.76. The molecule has 17 heavy (non-hydrogen) atoms. The molecule has 2 nitrogen and oxygen atoms in total. The number of nitrogens with one attached hydrogen (secondary N) is 1. The highest BCUT2D eigenvalue weighted by atomic mass is 35.5. The van der Waals surface area contributed by atoms with Crippen LogP contribution in [0.4, 0.5) is 8.78 Å². The largest absolute Gasteiger partial charge is 0.386 e. The summed E-state index contributed by atoms with van der Waals surface area (Å²) in [5.41, 5.74) is 0.709. The second-order valence-electron chi connectivity index (χ2n) is 3.67. The highest BCUT2D eigenvalue weighted by molar-refractivity contribution is 6.42. The van der Waals surface area contributed by atoms with Gasteiger partial charge in [-0.2, -0.15) is 0 Å². The van der Waals surface area contributed by atoms with E-state index in [1.807, 2.05) is 0 Å². The molecule has 0 fully saturated rings. The van der Waals surface area contributed by atoms with E-state index in [0.29, 0.717) is 15.6 Å². The molecule has 2 unspecified atom stereocenters. The molecule has 6 heteroatoms. The first-order valence-electron chi connectivity index (χ1n) is 5.07. The van der Waals surface area contributed by atoms with Crippen molar-refractivity contribution in [2.24, 2.45) is 0 Å². The van der Waals surface area contributed by atoms with Gasteiger partial charge in [-0.05, 0) is 18.6 Å². The van der Waals surface area contributed by atoms with Gasteiger partial charge in [-0.3, -0.25) is 0 Å². The lowest BCUT2D eigenvalue weighted by molar-refractivity contribution is -0.00439. The third kappa shape index (κ3) is 4.07. The van der Waals surface area contributed by atoms with Crippen molar-refractivity contribution in [1.82, 2.24) is 5.32 Å². The van der Waals surface area contributed by atoms with Crippen molar-refractivity contribution in [2.75, 3.05) is 6.54 Å². The van der Waals surface area contributed by atoms with E-state index in [1.165, 1.54) is 0 Å². The summed E-state index contributed by atoms with van der Waals surface area (Å²) in [6.45, 7) is 1.55. The molecular formula is C11H13Cl2F2NO. The van der Waals surface area contributed by atoms with Crippen LogP contribution in [0.2, 0.25) is 10.0 Å². The van der Waals surface area contributed by atoms with Crippen LogP contribution in [0, 0.1) is 0 Å². The number of alkyl halides is 2. The minimum Gasteiger partial charge on any atom is -0.386 e. The maximum absolute atomic E-state index is 12.1. The number of halogens is 4. The number of benzene rings is 1. The van der Waals surface area contributed by atoms with E-state index in [2.05, 4.69) is 5.32 Å². The van der Waals surface area contributed by atoms with E-state index in [0.717, 1.165) is 0 Å². The molecule has 2 atom stereocenters. The van der Waals surface area contributed by atoms with Crippen LogP contribution in [0.3, 0.4) is 0 Å². The average molecular weight is 284 g/mol. The zero-order valence-electron chi connectivity index (χ0n) is 9.13. The van der Waals surface area contributed by atoms with E-state index in [-0.39, 0.29) is 12.6 Å². The van der Waals surface area contributed by atoms with Gasteiger partial charge in [0.05, 0.1) is 10.0 Å². The number of aliphatic hydroxyl groups is 1. The molecule has 0 radical (unpaired) electrons. The molecule has 0 aliphatic rings. The Balaban J connectivity index is 2.64. The first-order valence-corrected chi connectivity index (χ1v) is 5.82. The van der Waals surface area contributed by atoms with E-state index in [9.17, 15) is 8.78 Å². The number of hydrogen-bond donors (Lipinski definition) is 2. The van der Waals surface area contributed by atoms with Gasteiger partial charge >= 0.3 is 0 Å². The van der Waals surface area contributed by atoms with E-state index in [4.69, 9.17) is 28.3 Å². The summed E-state index contributed by atoms with van der Waals surface area (Å²) >= 11 is 11.8. The Morgan fingerprint density at radius 2 is 2.00 bits per heavy atom. The Bertz CT molecular complexity index is 376. The van der Waals surface area contributed by atoms with E-state index in [1.54, 1.807) is 25.1 Å². The van der Waals surface area contributed by atoms with Crippen LogP contribution in [0.1, 0.15) is 18.5 Å². The lowest BCUT2D eigenvalue weighted by Crippen LogP contribution is -2.33. The zero-order chi connectivity index (χ0) is 13.0. The third-order valence-corrected chi connectivity index (χ3v) is 3.21. The highest BCUT2D eigenvalue weighted by Gasteiger charge is 2.18. The Hall–Kier alpha value is -0.420. The highest BCUT2D eigenvalue weighted by Crippen LogP contribution is 2.29. The average Bonchev–Trinajstić information content (AvgIpc) is 2.29. The van der Waals surface area contributed by atoms with Crippen molar-refractivity contribution < 1.29 is 13.9 Å². The fourth-order valence-corrected chi connectivity index (χ4v) is 1.82. The Kier molecular flexibility index (Phi) is 5.59. The number of rotatable bonds is 5. The van der Waals surface area contributed by atoms with Gasteiger partial charge in [0.2, 0.25) is 0 Å². The summed E-state index contributed by atoms with van der Waals surface area (Å²) in [5, 5.41) is 12.5. The second-order valence-corrected chi connectivity index (χ2v) is 4.46. The molecule has 0 bridgehead atoms. The van der Waals surface area contributed by atoms with Crippen molar-refractivity contribution in [1.29, 1.82) is 0 Å². The van der Waals surface area contributed by atoms with Gasteiger partial charge in [0.25, 0.3) is 6.43 Å². The first-order chi connectivity index (χ1) is 7.93. The van der Waals surface area contributed by atoms with Crippen molar-refractivity contribution in [3.63, 3.8) is 0 Å². The van der Waals surface area contributed by atoms with Gasteiger partial charge in [-0.25, -0.2) is 8.78 Å². The molecule has 0 saturated carbocycles. The molecule has 0 amide bonds. The normalized spacial score (nSPS) is 15.0. The van der Waals surface area contributed by atoms with Gasteiger partial charge in [0, 0.05) is 12.6 Å². The zero-order valence-corrected chi connectivity index (χ0v) is 10.6. The standard InChI is InChI=1S/C11H13Cl2F2NO/c1-6(16-5-9(17)11(14)15)7-3-2-4-8(12)10(7)13/h2-4,6,9,11,16-17H,5H2,1H3. The van der Waals surface area contributed by atoms with E-state index >= 15 is 0 Å². The van der Waals surface area contributed by atoms with Gasteiger partial charge in [-0.15, -0.1) is 0 Å². The minimum absolute atomic E-state index is 0.207. The molecule has 2 N–H and O–H groups in total. The summed E-state index contributed by atoms with van der Waals surface area (Å²) in [6.07, 6.45) is -4.44.